The maximum Gasteiger partial charge on any atom is 0.226 e. The molecule has 0 aliphatic rings. The second-order valence-electron chi connectivity index (χ2n) is 6.25. The Kier molecular flexibility index (Phi) is 5.60. The Hall–Kier alpha value is -2.83. The fourth-order valence-corrected chi connectivity index (χ4v) is 4.54. The molecule has 1 unspecified atom stereocenters. The predicted molar refractivity (Wildman–Crippen MR) is 112 cm³/mol. The van der Waals surface area contributed by atoms with Crippen LogP contribution < -0.4 is 5.32 Å². The van der Waals surface area contributed by atoms with Gasteiger partial charge in [-0.15, -0.1) is 22.7 Å². The number of hydrogen-bond donors (Lipinski definition) is 1. The summed E-state index contributed by atoms with van der Waals surface area (Å²) in [6.07, 6.45) is 0.201. The quantitative estimate of drug-likeness (QED) is 0.460. The van der Waals surface area contributed by atoms with E-state index in [0.29, 0.717) is 0 Å². The van der Waals surface area contributed by atoms with Crippen molar-refractivity contribution in [1.82, 2.24) is 10.3 Å². The summed E-state index contributed by atoms with van der Waals surface area (Å²) in [6.45, 7) is 0. The number of thiazole rings is 1. The summed E-state index contributed by atoms with van der Waals surface area (Å²) >= 11 is 3.09. The van der Waals surface area contributed by atoms with Gasteiger partial charge in [0.25, 0.3) is 0 Å². The number of nitrogens with one attached hydrogen (secondary N) is 1. The highest BCUT2D eigenvalue weighted by Crippen LogP contribution is 2.27. The molecule has 2 aromatic heterocycles. The van der Waals surface area contributed by atoms with Crippen LogP contribution in [0.25, 0.3) is 10.6 Å². The first-order valence-corrected chi connectivity index (χ1v) is 10.5. The van der Waals surface area contributed by atoms with Crippen molar-refractivity contribution in [3.8, 4) is 10.6 Å². The number of benzene rings is 2. The lowest BCUT2D eigenvalue weighted by molar-refractivity contribution is -0.120. The molecule has 0 aliphatic carbocycles. The van der Waals surface area contributed by atoms with Crippen LogP contribution in [0.1, 0.15) is 22.2 Å². The van der Waals surface area contributed by atoms with Crippen molar-refractivity contribution in [1.29, 1.82) is 0 Å². The Morgan fingerprint density at radius 3 is 2.50 bits per heavy atom. The molecule has 2 heterocycles. The van der Waals surface area contributed by atoms with E-state index < -0.39 is 0 Å². The fourth-order valence-electron chi connectivity index (χ4n) is 2.91. The predicted octanol–water partition coefficient (Wildman–Crippen LogP) is 5.46. The van der Waals surface area contributed by atoms with Crippen LogP contribution in [-0.2, 0) is 11.2 Å². The van der Waals surface area contributed by atoms with Crippen LogP contribution in [0.5, 0.6) is 0 Å². The molecule has 1 N–H and O–H groups in total. The highest BCUT2D eigenvalue weighted by atomic mass is 32.1. The molecule has 0 spiro atoms. The fraction of sp³-hybridized carbons (Fsp3) is 0.0909. The van der Waals surface area contributed by atoms with Crippen LogP contribution in [0.3, 0.4) is 0 Å². The lowest BCUT2D eigenvalue weighted by Gasteiger charge is -2.18. The van der Waals surface area contributed by atoms with E-state index in [1.54, 1.807) is 23.5 Å². The molecule has 1 atom stereocenters. The zero-order chi connectivity index (χ0) is 19.3. The summed E-state index contributed by atoms with van der Waals surface area (Å²) < 4.78 is 13.3. The number of amides is 1. The number of halogens is 1. The van der Waals surface area contributed by atoms with Gasteiger partial charge in [-0.05, 0) is 29.1 Å². The first kappa shape index (κ1) is 18.5. The monoisotopic (exact) mass is 408 g/mol. The number of nitrogens with zero attached hydrogens (tertiary/aromatic N) is 1. The summed E-state index contributed by atoms with van der Waals surface area (Å²) in [5.74, 6) is -0.413. The summed E-state index contributed by atoms with van der Waals surface area (Å²) in [5.41, 5.74) is 2.63. The third-order valence-electron chi connectivity index (χ3n) is 4.25. The molecule has 4 rings (SSSR count). The Balaban J connectivity index is 1.49. The van der Waals surface area contributed by atoms with E-state index in [0.717, 1.165) is 26.7 Å². The van der Waals surface area contributed by atoms with E-state index in [1.807, 2.05) is 53.2 Å². The Bertz CT molecular complexity index is 1040. The summed E-state index contributed by atoms with van der Waals surface area (Å²) in [6, 6.07) is 19.7. The topological polar surface area (TPSA) is 42.0 Å². The van der Waals surface area contributed by atoms with Gasteiger partial charge >= 0.3 is 0 Å². The number of hydrogen-bond acceptors (Lipinski definition) is 4. The van der Waals surface area contributed by atoms with E-state index in [9.17, 15) is 9.18 Å². The molecular formula is C22H17FN2OS2. The molecule has 3 nitrogen and oxygen atoms in total. The Labute approximate surface area is 170 Å². The van der Waals surface area contributed by atoms with E-state index in [2.05, 4.69) is 10.3 Å². The van der Waals surface area contributed by atoms with Gasteiger partial charge in [0, 0.05) is 15.8 Å². The van der Waals surface area contributed by atoms with Crippen molar-refractivity contribution in [3.63, 3.8) is 0 Å². The molecule has 6 heteroatoms. The van der Waals surface area contributed by atoms with Crippen molar-refractivity contribution in [2.45, 2.75) is 12.5 Å². The van der Waals surface area contributed by atoms with Crippen LogP contribution in [0, 0.1) is 5.82 Å². The number of carbonyl (C=O) groups excluding carboxylic acids is 1. The maximum atomic E-state index is 13.3. The summed E-state index contributed by atoms with van der Waals surface area (Å²) in [4.78, 5) is 18.3. The van der Waals surface area contributed by atoms with Crippen LogP contribution in [-0.4, -0.2) is 10.9 Å². The van der Waals surface area contributed by atoms with Crippen LogP contribution in [0.2, 0.25) is 0 Å². The van der Waals surface area contributed by atoms with Gasteiger partial charge in [0.05, 0.1) is 18.2 Å². The summed E-state index contributed by atoms with van der Waals surface area (Å²) in [5, 5.41) is 7.85. The molecule has 0 radical (unpaired) electrons. The van der Waals surface area contributed by atoms with Gasteiger partial charge in [-0.1, -0.05) is 48.5 Å². The van der Waals surface area contributed by atoms with Crippen LogP contribution in [0.15, 0.2) is 77.5 Å². The third-order valence-corrected chi connectivity index (χ3v) is 6.13. The van der Waals surface area contributed by atoms with Crippen molar-refractivity contribution >= 4 is 28.6 Å². The van der Waals surface area contributed by atoms with Crippen molar-refractivity contribution in [2.75, 3.05) is 0 Å². The molecule has 2 aromatic carbocycles. The van der Waals surface area contributed by atoms with Gasteiger partial charge in [0.15, 0.2) is 0 Å². The average Bonchev–Trinajstić information content (AvgIpc) is 3.40. The standard InChI is InChI=1S/C22H17FN2OS2/c23-17-10-8-15(9-11-17)21(19-7-4-12-27-19)25-20(26)13-18-14-28-22(24-18)16-5-2-1-3-6-16/h1-12,14,21H,13H2,(H,25,26). The van der Waals surface area contributed by atoms with Crippen LogP contribution in [0.4, 0.5) is 4.39 Å². The van der Waals surface area contributed by atoms with E-state index in [-0.39, 0.29) is 24.2 Å². The normalized spacial score (nSPS) is 11.9. The molecule has 0 fully saturated rings. The zero-order valence-corrected chi connectivity index (χ0v) is 16.5. The smallest absolute Gasteiger partial charge is 0.226 e. The molecule has 0 saturated heterocycles. The van der Waals surface area contributed by atoms with Gasteiger partial charge in [0.1, 0.15) is 10.8 Å². The second kappa shape index (κ2) is 8.46. The summed E-state index contributed by atoms with van der Waals surface area (Å²) in [7, 11) is 0. The maximum absolute atomic E-state index is 13.3. The van der Waals surface area contributed by atoms with Gasteiger partial charge in [-0.2, -0.15) is 0 Å². The van der Waals surface area contributed by atoms with Crippen molar-refractivity contribution in [3.05, 3.63) is 99.4 Å². The lowest BCUT2D eigenvalue weighted by atomic mass is 10.0. The number of carbonyl (C=O) groups is 1. The minimum atomic E-state index is -0.305. The molecule has 1 amide bonds. The zero-order valence-electron chi connectivity index (χ0n) is 14.8. The van der Waals surface area contributed by atoms with E-state index >= 15 is 0 Å². The number of thiophene rings is 1. The van der Waals surface area contributed by atoms with Gasteiger partial charge in [0.2, 0.25) is 5.91 Å². The van der Waals surface area contributed by atoms with Gasteiger partial charge < -0.3 is 5.32 Å². The minimum Gasteiger partial charge on any atom is -0.344 e. The first-order valence-electron chi connectivity index (χ1n) is 8.77. The molecule has 0 aliphatic heterocycles. The molecule has 4 aromatic rings. The highest BCUT2D eigenvalue weighted by molar-refractivity contribution is 7.13. The molecule has 140 valence electrons. The Morgan fingerprint density at radius 2 is 1.79 bits per heavy atom. The van der Waals surface area contributed by atoms with E-state index in [1.165, 1.54) is 23.5 Å². The van der Waals surface area contributed by atoms with Crippen molar-refractivity contribution < 1.29 is 9.18 Å². The van der Waals surface area contributed by atoms with Crippen LogP contribution >= 0.6 is 22.7 Å². The second-order valence-corrected chi connectivity index (χ2v) is 8.09. The van der Waals surface area contributed by atoms with Gasteiger partial charge in [-0.25, -0.2) is 9.37 Å². The minimum absolute atomic E-state index is 0.118. The number of aromatic nitrogens is 1. The highest BCUT2D eigenvalue weighted by Gasteiger charge is 2.19. The molecule has 28 heavy (non-hydrogen) atoms. The molecule has 0 bridgehead atoms. The SMILES string of the molecule is O=C(Cc1csc(-c2ccccc2)n1)NC(c1ccc(F)cc1)c1cccs1. The van der Waals surface area contributed by atoms with Gasteiger partial charge in [-0.3, -0.25) is 4.79 Å². The average molecular weight is 409 g/mol. The first-order chi connectivity index (χ1) is 13.7. The molecule has 0 saturated carbocycles. The molecular weight excluding hydrogens is 391 g/mol. The third kappa shape index (κ3) is 4.35. The largest absolute Gasteiger partial charge is 0.344 e. The lowest BCUT2D eigenvalue weighted by Crippen LogP contribution is -2.30. The Morgan fingerprint density at radius 1 is 1.00 bits per heavy atom. The van der Waals surface area contributed by atoms with Crippen molar-refractivity contribution in [2.24, 2.45) is 0 Å². The van der Waals surface area contributed by atoms with E-state index in [4.69, 9.17) is 0 Å². The number of rotatable bonds is 6.